The van der Waals surface area contributed by atoms with Crippen LogP contribution >= 0.6 is 34.7 Å². The van der Waals surface area contributed by atoms with E-state index in [1.807, 2.05) is 0 Å². The molecule has 3 rings (SSSR count). The molecule has 0 spiro atoms. The van der Waals surface area contributed by atoms with Crippen molar-refractivity contribution in [2.24, 2.45) is 0 Å². The Morgan fingerprint density at radius 1 is 1.19 bits per heavy atom. The van der Waals surface area contributed by atoms with E-state index in [0.717, 1.165) is 10.1 Å². The molecule has 1 heterocycles. The van der Waals surface area contributed by atoms with Gasteiger partial charge in [0.05, 0.1) is 0 Å². The molecular weight excluding hydrogens is 386 g/mol. The number of anilines is 1. The van der Waals surface area contributed by atoms with E-state index in [0.29, 0.717) is 21.6 Å². The van der Waals surface area contributed by atoms with Gasteiger partial charge in [-0.3, -0.25) is 10.1 Å². The number of rotatable bonds is 6. The van der Waals surface area contributed by atoms with Crippen LogP contribution in [0.3, 0.4) is 0 Å². The molecule has 1 amide bonds. The summed E-state index contributed by atoms with van der Waals surface area (Å²) in [7, 11) is 0. The van der Waals surface area contributed by atoms with Gasteiger partial charge in [0.15, 0.2) is 4.34 Å². The van der Waals surface area contributed by atoms with Gasteiger partial charge in [-0.2, -0.15) is 0 Å². The molecule has 0 bridgehead atoms. The van der Waals surface area contributed by atoms with E-state index in [2.05, 4.69) is 53.6 Å². The summed E-state index contributed by atoms with van der Waals surface area (Å²) in [5.41, 5.74) is 3.06. The average molecular weight is 404 g/mol. The lowest BCUT2D eigenvalue weighted by Crippen LogP contribution is -2.11. The fourth-order valence-corrected chi connectivity index (χ4v) is 4.15. The van der Waals surface area contributed by atoms with E-state index in [-0.39, 0.29) is 5.91 Å². The Kier molecular flexibility index (Phi) is 6.29. The fraction of sp³-hybridized carbons (Fsp3) is 0.211. The van der Waals surface area contributed by atoms with Crippen molar-refractivity contribution in [1.82, 2.24) is 10.2 Å². The maximum absolute atomic E-state index is 12.2. The molecule has 0 unspecified atom stereocenters. The van der Waals surface area contributed by atoms with Crippen molar-refractivity contribution < 1.29 is 4.79 Å². The van der Waals surface area contributed by atoms with Crippen LogP contribution in [-0.2, 0) is 5.75 Å². The van der Waals surface area contributed by atoms with Gasteiger partial charge >= 0.3 is 0 Å². The van der Waals surface area contributed by atoms with Gasteiger partial charge in [-0.05, 0) is 35.2 Å². The lowest BCUT2D eigenvalue weighted by molar-refractivity contribution is 0.102. The number of amides is 1. The summed E-state index contributed by atoms with van der Waals surface area (Å²) in [6.45, 7) is 4.37. The maximum Gasteiger partial charge on any atom is 0.257 e. The van der Waals surface area contributed by atoms with E-state index in [9.17, 15) is 4.79 Å². The van der Waals surface area contributed by atoms with E-state index >= 15 is 0 Å². The molecule has 0 aliphatic heterocycles. The standard InChI is InChI=1S/C19H18ClN3OS2/c1-12(2)14-8-6-13(7-9-14)11-25-19-23-22-18(26-19)21-17(24)15-4-3-5-16(20)10-15/h3-10,12H,11H2,1-2H3,(H,21,22,24). The second kappa shape index (κ2) is 8.66. The Morgan fingerprint density at radius 3 is 2.65 bits per heavy atom. The second-order valence-electron chi connectivity index (χ2n) is 6.02. The topological polar surface area (TPSA) is 54.9 Å². The molecular formula is C19H18ClN3OS2. The molecule has 2 aromatic carbocycles. The monoisotopic (exact) mass is 403 g/mol. The van der Waals surface area contributed by atoms with E-state index in [1.54, 1.807) is 36.0 Å². The Labute approximate surface area is 166 Å². The number of benzene rings is 2. The molecule has 4 nitrogen and oxygen atoms in total. The van der Waals surface area contributed by atoms with E-state index in [4.69, 9.17) is 11.6 Å². The van der Waals surface area contributed by atoms with Crippen molar-refractivity contribution in [3.05, 3.63) is 70.2 Å². The Morgan fingerprint density at radius 2 is 1.96 bits per heavy atom. The van der Waals surface area contributed by atoms with Crippen LogP contribution in [0.5, 0.6) is 0 Å². The SMILES string of the molecule is CC(C)c1ccc(CSc2nnc(NC(=O)c3cccc(Cl)c3)s2)cc1. The summed E-state index contributed by atoms with van der Waals surface area (Å²) in [6.07, 6.45) is 0. The minimum absolute atomic E-state index is 0.246. The third kappa shape index (κ3) is 5.06. The molecule has 26 heavy (non-hydrogen) atoms. The summed E-state index contributed by atoms with van der Waals surface area (Å²) >= 11 is 8.88. The highest BCUT2D eigenvalue weighted by Gasteiger charge is 2.11. The number of carbonyl (C=O) groups excluding carboxylic acids is 1. The molecule has 0 radical (unpaired) electrons. The third-order valence-electron chi connectivity index (χ3n) is 3.72. The quantitative estimate of drug-likeness (QED) is 0.413. The lowest BCUT2D eigenvalue weighted by Gasteiger charge is -2.06. The first-order valence-corrected chi connectivity index (χ1v) is 10.3. The van der Waals surface area contributed by atoms with Crippen molar-refractivity contribution in [3.8, 4) is 0 Å². The molecule has 0 aliphatic rings. The maximum atomic E-state index is 12.2. The van der Waals surface area contributed by atoms with Crippen LogP contribution in [0, 0.1) is 0 Å². The highest BCUT2D eigenvalue weighted by Crippen LogP contribution is 2.29. The van der Waals surface area contributed by atoms with Gasteiger partial charge in [-0.25, -0.2) is 0 Å². The Hall–Kier alpha value is -1.89. The molecule has 0 fully saturated rings. The smallest absolute Gasteiger partial charge is 0.257 e. The second-order valence-corrected chi connectivity index (χ2v) is 8.66. The number of halogens is 1. The Bertz CT molecular complexity index is 894. The van der Waals surface area contributed by atoms with E-state index < -0.39 is 0 Å². The van der Waals surface area contributed by atoms with Crippen molar-refractivity contribution in [2.45, 2.75) is 29.9 Å². The molecule has 1 N–H and O–H groups in total. The van der Waals surface area contributed by atoms with Crippen LogP contribution < -0.4 is 5.32 Å². The number of hydrogen-bond acceptors (Lipinski definition) is 5. The van der Waals surface area contributed by atoms with Crippen LogP contribution in [0.15, 0.2) is 52.9 Å². The van der Waals surface area contributed by atoms with Crippen molar-refractivity contribution in [2.75, 3.05) is 5.32 Å². The molecule has 7 heteroatoms. The average Bonchev–Trinajstić information content (AvgIpc) is 3.07. The van der Waals surface area contributed by atoms with Gasteiger partial charge in [0.1, 0.15) is 0 Å². The predicted octanol–water partition coefficient (Wildman–Crippen LogP) is 5.86. The zero-order valence-corrected chi connectivity index (χ0v) is 16.8. The zero-order chi connectivity index (χ0) is 18.5. The first-order valence-electron chi connectivity index (χ1n) is 8.13. The highest BCUT2D eigenvalue weighted by atomic mass is 35.5. The summed E-state index contributed by atoms with van der Waals surface area (Å²) in [5, 5.41) is 11.9. The fourth-order valence-electron chi connectivity index (χ4n) is 2.26. The van der Waals surface area contributed by atoms with Crippen molar-refractivity contribution in [3.63, 3.8) is 0 Å². The lowest BCUT2D eigenvalue weighted by atomic mass is 10.0. The summed E-state index contributed by atoms with van der Waals surface area (Å²) < 4.78 is 0.819. The van der Waals surface area contributed by atoms with Gasteiger partial charge in [0.25, 0.3) is 5.91 Å². The van der Waals surface area contributed by atoms with Crippen LogP contribution in [0.2, 0.25) is 5.02 Å². The van der Waals surface area contributed by atoms with Gasteiger partial charge in [0, 0.05) is 16.3 Å². The molecule has 3 aromatic rings. The van der Waals surface area contributed by atoms with Gasteiger partial charge in [0.2, 0.25) is 5.13 Å². The van der Waals surface area contributed by atoms with Crippen LogP contribution in [0.25, 0.3) is 0 Å². The van der Waals surface area contributed by atoms with Gasteiger partial charge in [-0.1, -0.05) is 78.9 Å². The number of hydrogen-bond donors (Lipinski definition) is 1. The number of nitrogens with one attached hydrogen (secondary N) is 1. The third-order valence-corrected chi connectivity index (χ3v) is 6.00. The normalized spacial score (nSPS) is 10.9. The molecule has 0 saturated heterocycles. The van der Waals surface area contributed by atoms with E-state index in [1.165, 1.54) is 22.5 Å². The first-order chi connectivity index (χ1) is 12.5. The molecule has 0 atom stereocenters. The molecule has 134 valence electrons. The first kappa shape index (κ1) is 18.9. The number of carbonyl (C=O) groups is 1. The van der Waals surface area contributed by atoms with Gasteiger partial charge < -0.3 is 0 Å². The predicted molar refractivity (Wildman–Crippen MR) is 109 cm³/mol. The Balaban J connectivity index is 1.57. The summed E-state index contributed by atoms with van der Waals surface area (Å²) in [6, 6.07) is 15.4. The molecule has 1 aromatic heterocycles. The summed E-state index contributed by atoms with van der Waals surface area (Å²) in [5.74, 6) is 1.10. The van der Waals surface area contributed by atoms with Crippen LogP contribution in [0.4, 0.5) is 5.13 Å². The van der Waals surface area contributed by atoms with Gasteiger partial charge in [-0.15, -0.1) is 10.2 Å². The van der Waals surface area contributed by atoms with Crippen LogP contribution in [0.1, 0.15) is 41.3 Å². The minimum atomic E-state index is -0.246. The van der Waals surface area contributed by atoms with Crippen LogP contribution in [-0.4, -0.2) is 16.1 Å². The largest absolute Gasteiger partial charge is 0.296 e. The summed E-state index contributed by atoms with van der Waals surface area (Å²) in [4.78, 5) is 12.2. The molecule has 0 saturated carbocycles. The number of nitrogens with zero attached hydrogens (tertiary/aromatic N) is 2. The van der Waals surface area contributed by atoms with Crippen molar-refractivity contribution in [1.29, 1.82) is 0 Å². The number of thioether (sulfide) groups is 1. The van der Waals surface area contributed by atoms with Crippen molar-refractivity contribution >= 4 is 45.7 Å². The zero-order valence-electron chi connectivity index (χ0n) is 14.4. The highest BCUT2D eigenvalue weighted by molar-refractivity contribution is 8.00. The number of aromatic nitrogens is 2. The minimum Gasteiger partial charge on any atom is -0.296 e. The molecule has 0 aliphatic carbocycles.